The van der Waals surface area contributed by atoms with Crippen LogP contribution in [0.5, 0.6) is 0 Å². The molecule has 2 fully saturated rings. The van der Waals surface area contributed by atoms with Gasteiger partial charge in [-0.3, -0.25) is 9.59 Å². The summed E-state index contributed by atoms with van der Waals surface area (Å²) < 4.78 is 34.8. The van der Waals surface area contributed by atoms with Crippen molar-refractivity contribution >= 4 is 49.1 Å². The molecule has 2 aliphatic rings. The summed E-state index contributed by atoms with van der Waals surface area (Å²) in [5.41, 5.74) is 6.84. The van der Waals surface area contributed by atoms with E-state index in [0.29, 0.717) is 56.1 Å². The van der Waals surface area contributed by atoms with Gasteiger partial charge in [-0.1, -0.05) is 22.0 Å². The standard InChI is InChI=1S/C23H27BrN4O5S/c24-18-3-1-2-17(14-18)23(30)26-19-4-5-20(27-8-6-16(7-9-27)22(25)29)21(15-19)34(31,32)28-10-12-33-13-11-28/h1-5,14-16H,6-13H2,(H2,25,29)(H,26,30). The van der Waals surface area contributed by atoms with Gasteiger partial charge in [0.15, 0.2) is 0 Å². The Morgan fingerprint density at radius 1 is 1.03 bits per heavy atom. The summed E-state index contributed by atoms with van der Waals surface area (Å²) in [6.07, 6.45) is 1.13. The lowest BCUT2D eigenvalue weighted by Gasteiger charge is -2.35. The Labute approximate surface area is 207 Å². The number of nitrogens with one attached hydrogen (secondary N) is 1. The predicted octanol–water partition coefficient (Wildman–Crippen LogP) is 2.42. The number of hydrogen-bond donors (Lipinski definition) is 2. The topological polar surface area (TPSA) is 122 Å². The van der Waals surface area contributed by atoms with Gasteiger partial charge < -0.3 is 20.7 Å². The summed E-state index contributed by atoms with van der Waals surface area (Å²) in [5, 5.41) is 2.81. The number of nitrogens with two attached hydrogens (primary N) is 1. The second-order valence-corrected chi connectivity index (χ2v) is 11.1. The van der Waals surface area contributed by atoms with Gasteiger partial charge >= 0.3 is 0 Å². The van der Waals surface area contributed by atoms with Gasteiger partial charge in [0, 0.05) is 47.8 Å². The molecule has 9 nitrogen and oxygen atoms in total. The first kappa shape index (κ1) is 24.6. The van der Waals surface area contributed by atoms with E-state index in [4.69, 9.17) is 10.5 Å². The van der Waals surface area contributed by atoms with Crippen molar-refractivity contribution in [1.29, 1.82) is 0 Å². The smallest absolute Gasteiger partial charge is 0.255 e. The van der Waals surface area contributed by atoms with Crippen LogP contribution in [0.1, 0.15) is 23.2 Å². The second-order valence-electron chi connectivity index (χ2n) is 8.33. The van der Waals surface area contributed by atoms with Gasteiger partial charge in [-0.05, 0) is 49.2 Å². The molecule has 2 aromatic carbocycles. The molecule has 0 spiro atoms. The molecule has 0 unspecified atom stereocenters. The number of morpholine rings is 1. The van der Waals surface area contributed by atoms with Crippen LogP contribution in [0.3, 0.4) is 0 Å². The third kappa shape index (κ3) is 5.43. The Morgan fingerprint density at radius 3 is 2.38 bits per heavy atom. The minimum absolute atomic E-state index is 0.124. The molecule has 11 heteroatoms. The van der Waals surface area contributed by atoms with Crippen LogP contribution >= 0.6 is 15.9 Å². The van der Waals surface area contributed by atoms with Crippen LogP contribution in [0.4, 0.5) is 11.4 Å². The fourth-order valence-electron chi connectivity index (χ4n) is 4.22. The van der Waals surface area contributed by atoms with E-state index in [2.05, 4.69) is 21.2 Å². The van der Waals surface area contributed by atoms with Gasteiger partial charge in [0.05, 0.1) is 18.9 Å². The van der Waals surface area contributed by atoms with Crippen molar-refractivity contribution in [3.05, 3.63) is 52.5 Å². The van der Waals surface area contributed by atoms with Crippen molar-refractivity contribution in [2.75, 3.05) is 49.6 Å². The van der Waals surface area contributed by atoms with Crippen LogP contribution in [0.15, 0.2) is 51.8 Å². The zero-order chi connectivity index (χ0) is 24.3. The van der Waals surface area contributed by atoms with E-state index in [1.807, 2.05) is 11.0 Å². The Balaban J connectivity index is 1.66. The van der Waals surface area contributed by atoms with Crippen molar-refractivity contribution in [2.24, 2.45) is 11.7 Å². The summed E-state index contributed by atoms with van der Waals surface area (Å²) in [6.45, 7) is 2.22. The molecule has 0 radical (unpaired) electrons. The molecule has 0 bridgehead atoms. The Hall–Kier alpha value is -2.47. The zero-order valence-corrected chi connectivity index (χ0v) is 21.0. The lowest BCUT2D eigenvalue weighted by atomic mass is 9.96. The summed E-state index contributed by atoms with van der Waals surface area (Å²) in [6, 6.07) is 11.9. The molecule has 182 valence electrons. The van der Waals surface area contributed by atoms with Gasteiger partial charge in [-0.2, -0.15) is 4.31 Å². The summed E-state index contributed by atoms with van der Waals surface area (Å²) in [5.74, 6) is -0.878. The first-order chi connectivity index (χ1) is 16.3. The Morgan fingerprint density at radius 2 is 1.74 bits per heavy atom. The first-order valence-corrected chi connectivity index (χ1v) is 13.3. The number of carbonyl (C=O) groups is 2. The fourth-order valence-corrected chi connectivity index (χ4v) is 6.27. The number of sulfonamides is 1. The van der Waals surface area contributed by atoms with Gasteiger partial charge in [-0.25, -0.2) is 8.42 Å². The number of benzene rings is 2. The van der Waals surface area contributed by atoms with Crippen molar-refractivity contribution in [1.82, 2.24) is 4.31 Å². The van der Waals surface area contributed by atoms with E-state index in [1.54, 1.807) is 30.3 Å². The number of rotatable bonds is 6. The molecule has 2 heterocycles. The molecule has 2 saturated heterocycles. The van der Waals surface area contributed by atoms with Crippen LogP contribution in [0.2, 0.25) is 0 Å². The van der Waals surface area contributed by atoms with Crippen LogP contribution in [-0.4, -0.2) is 63.9 Å². The van der Waals surface area contributed by atoms with Crippen LogP contribution < -0.4 is 16.0 Å². The molecule has 2 aliphatic heterocycles. The van der Waals surface area contributed by atoms with Crippen LogP contribution in [0.25, 0.3) is 0 Å². The van der Waals surface area contributed by atoms with Crippen molar-refractivity contribution in [2.45, 2.75) is 17.7 Å². The molecular formula is C23H27BrN4O5S. The van der Waals surface area contributed by atoms with E-state index < -0.39 is 10.0 Å². The highest BCUT2D eigenvalue weighted by Crippen LogP contribution is 2.34. The van der Waals surface area contributed by atoms with Gasteiger partial charge in [0.25, 0.3) is 5.91 Å². The maximum Gasteiger partial charge on any atom is 0.255 e. The molecular weight excluding hydrogens is 524 g/mol. The monoisotopic (exact) mass is 550 g/mol. The summed E-state index contributed by atoms with van der Waals surface area (Å²) >= 11 is 3.35. The van der Waals surface area contributed by atoms with E-state index in [9.17, 15) is 18.0 Å². The predicted molar refractivity (Wildman–Crippen MR) is 132 cm³/mol. The number of ether oxygens (including phenoxy) is 1. The van der Waals surface area contributed by atoms with Crippen LogP contribution in [-0.2, 0) is 19.6 Å². The number of amides is 2. The lowest BCUT2D eigenvalue weighted by Crippen LogP contribution is -2.42. The van der Waals surface area contributed by atoms with E-state index in [1.165, 1.54) is 10.4 Å². The van der Waals surface area contributed by atoms with E-state index in [0.717, 1.165) is 4.47 Å². The normalized spacial score (nSPS) is 18.0. The van der Waals surface area contributed by atoms with Gasteiger partial charge in [-0.15, -0.1) is 0 Å². The lowest BCUT2D eigenvalue weighted by molar-refractivity contribution is -0.122. The second kappa shape index (κ2) is 10.4. The van der Waals surface area contributed by atoms with E-state index >= 15 is 0 Å². The number of carbonyl (C=O) groups excluding carboxylic acids is 2. The highest BCUT2D eigenvalue weighted by Gasteiger charge is 2.32. The average molecular weight is 551 g/mol. The third-order valence-electron chi connectivity index (χ3n) is 6.13. The molecule has 3 N–H and O–H groups in total. The largest absolute Gasteiger partial charge is 0.379 e. The highest BCUT2D eigenvalue weighted by molar-refractivity contribution is 9.10. The minimum Gasteiger partial charge on any atom is -0.379 e. The molecule has 34 heavy (non-hydrogen) atoms. The number of anilines is 2. The maximum atomic E-state index is 13.6. The minimum atomic E-state index is -3.84. The molecule has 2 amide bonds. The number of primary amides is 1. The number of piperidine rings is 1. The summed E-state index contributed by atoms with van der Waals surface area (Å²) in [7, 11) is -3.84. The van der Waals surface area contributed by atoms with Crippen molar-refractivity contribution < 1.29 is 22.7 Å². The SMILES string of the molecule is NC(=O)C1CCN(c2ccc(NC(=O)c3cccc(Br)c3)cc2S(=O)(=O)N2CCOCC2)CC1. The van der Waals surface area contributed by atoms with Crippen molar-refractivity contribution in [3.63, 3.8) is 0 Å². The Bertz CT molecular complexity index is 1180. The maximum absolute atomic E-state index is 13.6. The number of nitrogens with zero attached hydrogens (tertiary/aromatic N) is 2. The number of hydrogen-bond acceptors (Lipinski definition) is 6. The molecule has 0 saturated carbocycles. The highest BCUT2D eigenvalue weighted by atomic mass is 79.9. The molecule has 0 atom stereocenters. The fraction of sp³-hybridized carbons (Fsp3) is 0.391. The molecule has 2 aromatic rings. The van der Waals surface area contributed by atoms with E-state index in [-0.39, 0.29) is 35.7 Å². The van der Waals surface area contributed by atoms with Gasteiger partial charge in [0.2, 0.25) is 15.9 Å². The molecule has 0 aliphatic carbocycles. The molecule has 0 aromatic heterocycles. The Kier molecular flexibility index (Phi) is 7.56. The summed E-state index contributed by atoms with van der Waals surface area (Å²) in [4.78, 5) is 26.4. The quantitative estimate of drug-likeness (QED) is 0.569. The third-order valence-corrected chi connectivity index (χ3v) is 8.55. The number of halogens is 1. The molecule has 4 rings (SSSR count). The van der Waals surface area contributed by atoms with Gasteiger partial charge in [0.1, 0.15) is 4.90 Å². The first-order valence-electron chi connectivity index (χ1n) is 11.1. The van der Waals surface area contributed by atoms with Crippen molar-refractivity contribution in [3.8, 4) is 0 Å². The van der Waals surface area contributed by atoms with Crippen LogP contribution in [0, 0.1) is 5.92 Å². The average Bonchev–Trinajstić information content (AvgIpc) is 2.84. The zero-order valence-electron chi connectivity index (χ0n) is 18.6.